The van der Waals surface area contributed by atoms with Crippen LogP contribution in [0.3, 0.4) is 0 Å². The Labute approximate surface area is 106 Å². The summed E-state index contributed by atoms with van der Waals surface area (Å²) in [6.45, 7) is 0.508. The molecule has 1 atom stereocenters. The third-order valence-electron chi connectivity index (χ3n) is 1.92. The van der Waals surface area contributed by atoms with E-state index in [4.69, 9.17) is 0 Å². The van der Waals surface area contributed by atoms with E-state index >= 15 is 0 Å². The Morgan fingerprint density at radius 1 is 1.59 bits per heavy atom. The highest BCUT2D eigenvalue weighted by molar-refractivity contribution is 8.55. The van der Waals surface area contributed by atoms with E-state index in [9.17, 15) is 9.46 Å². The molecule has 2 N–H and O–H groups in total. The van der Waals surface area contributed by atoms with Gasteiger partial charge in [-0.15, -0.1) is 0 Å². The van der Waals surface area contributed by atoms with Gasteiger partial charge in [-0.05, 0) is 42.4 Å². The van der Waals surface area contributed by atoms with Crippen molar-refractivity contribution in [2.45, 2.75) is 20.3 Å². The number of hydrogen-bond acceptors (Lipinski definition) is 2. The van der Waals surface area contributed by atoms with Gasteiger partial charge in [0, 0.05) is 11.4 Å². The van der Waals surface area contributed by atoms with Crippen molar-refractivity contribution in [1.29, 1.82) is 0 Å². The summed E-state index contributed by atoms with van der Waals surface area (Å²) in [5.74, 6) is 0.634. The minimum Gasteiger partial charge on any atom is -0.346 e. The smallest absolute Gasteiger partial charge is 0.346 e. The molecule has 0 saturated carbocycles. The van der Waals surface area contributed by atoms with Crippen LogP contribution in [-0.2, 0) is 4.57 Å². The van der Waals surface area contributed by atoms with E-state index in [-0.39, 0.29) is 0 Å². The summed E-state index contributed by atoms with van der Waals surface area (Å²) < 4.78 is 15.2. The van der Waals surface area contributed by atoms with Gasteiger partial charge in [-0.3, -0.25) is 4.57 Å². The third kappa shape index (κ3) is 5.91. The normalized spacial score (nSPS) is 14.8. The Hall–Kier alpha value is -0.770. The van der Waals surface area contributed by atoms with Crippen LogP contribution in [0.25, 0.3) is 0 Å². The van der Waals surface area contributed by atoms with E-state index in [0.29, 0.717) is 5.75 Å². The number of nitrogens with one attached hydrogen (secondary N) is 1. The van der Waals surface area contributed by atoms with Crippen LogP contribution in [0.5, 0.6) is 0 Å². The van der Waals surface area contributed by atoms with Crippen LogP contribution >= 0.6 is 18.1 Å². The number of nitrogens with zero attached hydrogens (tertiary/aromatic N) is 1. The second-order valence-corrected chi connectivity index (χ2v) is 7.66. The zero-order valence-electron chi connectivity index (χ0n) is 9.96. The molecule has 1 unspecified atom stereocenters. The van der Waals surface area contributed by atoms with E-state index in [1.807, 2.05) is 38.1 Å². The second-order valence-electron chi connectivity index (χ2n) is 3.58. The maximum Gasteiger partial charge on any atom is 0.370 e. The summed E-state index contributed by atoms with van der Waals surface area (Å²) in [5, 5.41) is 2.88. The molecular formula is C11H17N2O2PS. The van der Waals surface area contributed by atoms with Crippen LogP contribution in [0.15, 0.2) is 29.0 Å². The van der Waals surface area contributed by atoms with Crippen molar-refractivity contribution >= 4 is 30.1 Å². The first-order valence-electron chi connectivity index (χ1n) is 5.38. The number of anilines is 1. The van der Waals surface area contributed by atoms with Gasteiger partial charge < -0.3 is 10.2 Å². The molecule has 4 nitrogen and oxygen atoms in total. The molecule has 0 aliphatic rings. The Bertz CT molecular complexity index is 437. The monoisotopic (exact) mass is 272 g/mol. The lowest BCUT2D eigenvalue weighted by Crippen LogP contribution is -1.94. The second kappa shape index (κ2) is 6.84. The first-order chi connectivity index (χ1) is 8.03. The number of hydrogen-bond donors (Lipinski definition) is 2. The van der Waals surface area contributed by atoms with Crippen LogP contribution in [0.4, 0.5) is 5.69 Å². The van der Waals surface area contributed by atoms with Gasteiger partial charge in [-0.25, -0.2) is 0 Å². The van der Waals surface area contributed by atoms with Gasteiger partial charge in [0.05, 0.1) is 6.34 Å². The quantitative estimate of drug-likeness (QED) is 0.471. The van der Waals surface area contributed by atoms with Crippen molar-refractivity contribution in [2.24, 2.45) is 4.76 Å². The minimum atomic E-state index is -3.43. The summed E-state index contributed by atoms with van der Waals surface area (Å²) in [6.07, 6.45) is 2.15. The van der Waals surface area contributed by atoms with Gasteiger partial charge in [0.25, 0.3) is 0 Å². The lowest BCUT2D eigenvalue weighted by Gasteiger charge is -2.04. The predicted molar refractivity (Wildman–Crippen MR) is 75.9 cm³/mol. The highest BCUT2D eigenvalue weighted by Crippen LogP contribution is 2.55. The molecule has 0 bridgehead atoms. The highest BCUT2D eigenvalue weighted by Gasteiger charge is 2.14. The molecule has 6 heteroatoms. The van der Waals surface area contributed by atoms with Crippen molar-refractivity contribution in [3.05, 3.63) is 29.8 Å². The molecule has 1 aromatic rings. The number of rotatable bonds is 6. The average molecular weight is 272 g/mol. The summed E-state index contributed by atoms with van der Waals surface area (Å²) in [7, 11) is 0. The highest BCUT2D eigenvalue weighted by atomic mass is 32.7. The fourth-order valence-electron chi connectivity index (χ4n) is 1.15. The average Bonchev–Trinajstić information content (AvgIpc) is 2.26. The van der Waals surface area contributed by atoms with Crippen LogP contribution in [0.1, 0.15) is 18.9 Å². The zero-order valence-corrected chi connectivity index (χ0v) is 11.7. The minimum absolute atomic E-state index is 0.634. The van der Waals surface area contributed by atoms with E-state index in [0.717, 1.165) is 29.1 Å². The Morgan fingerprint density at radius 3 is 3.00 bits per heavy atom. The zero-order chi connectivity index (χ0) is 12.7. The van der Waals surface area contributed by atoms with Crippen LogP contribution in [0, 0.1) is 6.92 Å². The Kier molecular flexibility index (Phi) is 5.75. The lowest BCUT2D eigenvalue weighted by molar-refractivity contribution is 0.499. The molecule has 1 aromatic carbocycles. The van der Waals surface area contributed by atoms with Gasteiger partial charge >= 0.3 is 6.72 Å². The van der Waals surface area contributed by atoms with Crippen molar-refractivity contribution in [3.63, 3.8) is 0 Å². The van der Waals surface area contributed by atoms with Crippen molar-refractivity contribution < 1.29 is 9.46 Å². The van der Waals surface area contributed by atoms with Crippen LogP contribution in [0.2, 0.25) is 0 Å². The molecule has 0 fully saturated rings. The Balaban J connectivity index is 2.52. The van der Waals surface area contributed by atoms with Crippen LogP contribution < -0.4 is 5.32 Å². The van der Waals surface area contributed by atoms with Gasteiger partial charge in [0.2, 0.25) is 0 Å². The topological polar surface area (TPSA) is 61.7 Å². The summed E-state index contributed by atoms with van der Waals surface area (Å²) in [4.78, 5) is 9.46. The molecule has 0 saturated heterocycles. The van der Waals surface area contributed by atoms with Crippen molar-refractivity contribution in [2.75, 3.05) is 11.1 Å². The number of benzene rings is 1. The Morgan fingerprint density at radius 2 is 2.35 bits per heavy atom. The van der Waals surface area contributed by atoms with E-state index in [1.54, 1.807) is 0 Å². The van der Waals surface area contributed by atoms with E-state index in [1.165, 1.54) is 6.34 Å². The van der Waals surface area contributed by atoms with Gasteiger partial charge in [0.1, 0.15) is 0 Å². The SMILES string of the molecule is CCCSP(=O)(O)/N=C/Nc1cccc(C)c1. The third-order valence-corrected chi connectivity index (χ3v) is 5.09. The number of aryl methyl sites for hydroxylation is 1. The maximum atomic E-state index is 11.5. The van der Waals surface area contributed by atoms with Crippen molar-refractivity contribution in [3.8, 4) is 0 Å². The summed E-state index contributed by atoms with van der Waals surface area (Å²) in [5.41, 5.74) is 1.98. The van der Waals surface area contributed by atoms with Crippen LogP contribution in [-0.4, -0.2) is 17.0 Å². The molecule has 0 amide bonds. The molecule has 0 aliphatic carbocycles. The summed E-state index contributed by atoms with van der Waals surface area (Å²) in [6, 6.07) is 7.71. The first-order valence-corrected chi connectivity index (χ1v) is 8.58. The van der Waals surface area contributed by atoms with Gasteiger partial charge in [0.15, 0.2) is 0 Å². The molecule has 0 heterocycles. The largest absolute Gasteiger partial charge is 0.370 e. The van der Waals surface area contributed by atoms with Crippen molar-refractivity contribution in [1.82, 2.24) is 0 Å². The maximum absolute atomic E-state index is 11.5. The molecule has 94 valence electrons. The molecule has 0 aliphatic heterocycles. The summed E-state index contributed by atoms with van der Waals surface area (Å²) >= 11 is 0.990. The molecule has 1 rings (SSSR count). The van der Waals surface area contributed by atoms with E-state index < -0.39 is 6.72 Å². The lowest BCUT2D eigenvalue weighted by atomic mass is 10.2. The molecular weight excluding hydrogens is 255 g/mol. The molecule has 0 radical (unpaired) electrons. The molecule has 0 aromatic heterocycles. The van der Waals surface area contributed by atoms with E-state index in [2.05, 4.69) is 10.1 Å². The first kappa shape index (κ1) is 14.3. The van der Waals surface area contributed by atoms with Gasteiger partial charge in [-0.2, -0.15) is 4.76 Å². The molecule has 0 spiro atoms. The predicted octanol–water partition coefficient (Wildman–Crippen LogP) is 3.68. The fraction of sp³-hybridized carbons (Fsp3) is 0.364. The van der Waals surface area contributed by atoms with Gasteiger partial charge in [-0.1, -0.05) is 19.1 Å². The molecule has 17 heavy (non-hydrogen) atoms. The standard InChI is InChI=1S/C11H17N2O2PS/c1-3-7-17-16(14,15)13-9-12-11-6-4-5-10(2)8-11/h4-6,8-9H,3,7H2,1-2H3,(H2,12,13,14,15). The fourth-order valence-corrected chi connectivity index (χ4v) is 3.45.